The van der Waals surface area contributed by atoms with E-state index >= 15 is 0 Å². The Morgan fingerprint density at radius 1 is 1.05 bits per heavy atom. The predicted octanol–water partition coefficient (Wildman–Crippen LogP) is 3.08. The SMILES string of the molecule is CC.CC.CN1CCC(OC2CC2)C2=C1N(C)CC(CO)C2. The molecular weight excluding hydrogens is 276 g/mol. The maximum Gasteiger partial charge on any atom is 0.105 e. The molecule has 0 aromatic carbocycles. The first-order valence-corrected chi connectivity index (χ1v) is 9.10. The zero-order valence-electron chi connectivity index (χ0n) is 15.4. The van der Waals surface area contributed by atoms with Crippen LogP contribution >= 0.6 is 0 Å². The Bertz CT molecular complexity index is 353. The molecule has 0 radical (unpaired) electrons. The van der Waals surface area contributed by atoms with Crippen molar-refractivity contribution >= 4 is 0 Å². The Morgan fingerprint density at radius 3 is 2.23 bits per heavy atom. The van der Waals surface area contributed by atoms with Crippen molar-refractivity contribution in [1.29, 1.82) is 0 Å². The molecule has 130 valence electrons. The molecule has 2 aliphatic heterocycles. The van der Waals surface area contributed by atoms with Gasteiger partial charge in [-0.3, -0.25) is 0 Å². The Balaban J connectivity index is 0.000000561. The van der Waals surface area contributed by atoms with Gasteiger partial charge in [-0.15, -0.1) is 0 Å². The van der Waals surface area contributed by atoms with E-state index in [0.29, 0.717) is 18.1 Å². The van der Waals surface area contributed by atoms with Crippen molar-refractivity contribution in [3.8, 4) is 0 Å². The van der Waals surface area contributed by atoms with Crippen LogP contribution < -0.4 is 0 Å². The molecule has 2 heterocycles. The van der Waals surface area contributed by atoms with Gasteiger partial charge < -0.3 is 19.6 Å². The largest absolute Gasteiger partial charge is 0.396 e. The number of rotatable bonds is 3. The van der Waals surface area contributed by atoms with Crippen LogP contribution in [-0.2, 0) is 4.74 Å². The van der Waals surface area contributed by atoms with Crippen molar-refractivity contribution in [3.63, 3.8) is 0 Å². The third kappa shape index (κ3) is 4.63. The molecule has 0 aromatic rings. The van der Waals surface area contributed by atoms with E-state index in [2.05, 4.69) is 23.9 Å². The average Bonchev–Trinajstić information content (AvgIpc) is 3.37. The molecule has 0 spiro atoms. The van der Waals surface area contributed by atoms with E-state index in [9.17, 15) is 5.11 Å². The summed E-state index contributed by atoms with van der Waals surface area (Å²) in [6.45, 7) is 10.3. The van der Waals surface area contributed by atoms with Crippen LogP contribution in [-0.4, -0.2) is 60.9 Å². The highest BCUT2D eigenvalue weighted by atomic mass is 16.5. The second kappa shape index (κ2) is 9.41. The van der Waals surface area contributed by atoms with Gasteiger partial charge in [0.1, 0.15) is 5.82 Å². The second-order valence-electron chi connectivity index (χ2n) is 6.02. The summed E-state index contributed by atoms with van der Waals surface area (Å²) in [6, 6.07) is 0. The molecule has 1 N–H and O–H groups in total. The zero-order valence-corrected chi connectivity index (χ0v) is 15.4. The number of aliphatic hydroxyl groups is 1. The minimum absolute atomic E-state index is 0.279. The summed E-state index contributed by atoms with van der Waals surface area (Å²) >= 11 is 0. The van der Waals surface area contributed by atoms with Gasteiger partial charge in [-0.05, 0) is 31.3 Å². The Labute approximate surface area is 137 Å². The lowest BCUT2D eigenvalue weighted by Crippen LogP contribution is -2.46. The van der Waals surface area contributed by atoms with Crippen molar-refractivity contribution in [2.24, 2.45) is 5.92 Å². The van der Waals surface area contributed by atoms with E-state index in [1.807, 2.05) is 27.7 Å². The third-order valence-corrected chi connectivity index (χ3v) is 4.31. The van der Waals surface area contributed by atoms with E-state index < -0.39 is 0 Å². The van der Waals surface area contributed by atoms with Crippen LogP contribution in [0.25, 0.3) is 0 Å². The molecule has 3 rings (SSSR count). The smallest absolute Gasteiger partial charge is 0.105 e. The lowest BCUT2D eigenvalue weighted by molar-refractivity contribution is 0.0223. The van der Waals surface area contributed by atoms with Crippen LogP contribution in [0.2, 0.25) is 0 Å². The number of ether oxygens (including phenoxy) is 1. The zero-order chi connectivity index (χ0) is 16.7. The van der Waals surface area contributed by atoms with Crippen LogP contribution in [0, 0.1) is 5.92 Å². The van der Waals surface area contributed by atoms with Crippen molar-refractivity contribution in [2.45, 2.75) is 65.6 Å². The quantitative estimate of drug-likeness (QED) is 0.869. The summed E-state index contributed by atoms with van der Waals surface area (Å²) in [7, 11) is 4.30. The molecule has 2 unspecified atom stereocenters. The van der Waals surface area contributed by atoms with Crippen LogP contribution in [0.1, 0.15) is 53.4 Å². The van der Waals surface area contributed by atoms with Gasteiger partial charge in [0, 0.05) is 39.7 Å². The molecule has 1 aliphatic carbocycles. The molecule has 0 saturated heterocycles. The third-order valence-electron chi connectivity index (χ3n) is 4.31. The molecule has 1 fully saturated rings. The first-order chi connectivity index (χ1) is 10.7. The van der Waals surface area contributed by atoms with E-state index in [0.717, 1.165) is 25.9 Å². The first-order valence-electron chi connectivity index (χ1n) is 9.10. The van der Waals surface area contributed by atoms with Gasteiger partial charge in [0.2, 0.25) is 0 Å². The highest BCUT2D eigenvalue weighted by Gasteiger charge is 2.37. The molecule has 2 atom stereocenters. The molecule has 1 saturated carbocycles. The molecule has 0 amide bonds. The van der Waals surface area contributed by atoms with Crippen LogP contribution in [0.5, 0.6) is 0 Å². The Kier molecular flexibility index (Phi) is 8.26. The number of aliphatic hydroxyl groups excluding tert-OH is 1. The van der Waals surface area contributed by atoms with Crippen molar-refractivity contribution < 1.29 is 9.84 Å². The van der Waals surface area contributed by atoms with E-state index in [4.69, 9.17) is 4.74 Å². The van der Waals surface area contributed by atoms with Crippen LogP contribution in [0.3, 0.4) is 0 Å². The van der Waals surface area contributed by atoms with Gasteiger partial charge in [-0.2, -0.15) is 0 Å². The predicted molar refractivity (Wildman–Crippen MR) is 92.7 cm³/mol. The fourth-order valence-electron chi connectivity index (χ4n) is 3.30. The van der Waals surface area contributed by atoms with Crippen molar-refractivity contribution in [3.05, 3.63) is 11.4 Å². The molecule has 0 aromatic heterocycles. The summed E-state index contributed by atoms with van der Waals surface area (Å²) in [5.41, 5.74) is 1.42. The van der Waals surface area contributed by atoms with E-state index in [1.54, 1.807) is 0 Å². The standard InChI is InChI=1S/C14H24N2O2.2C2H6/c1-15-6-5-13(18-11-3-4-11)12-7-10(9-17)8-16(2)14(12)15;2*1-2/h10-11,13,17H,3-9H2,1-2H3;2*1-2H3. The highest BCUT2D eigenvalue weighted by Crippen LogP contribution is 2.37. The lowest BCUT2D eigenvalue weighted by Gasteiger charge is -2.45. The van der Waals surface area contributed by atoms with Gasteiger partial charge in [-0.1, -0.05) is 27.7 Å². The van der Waals surface area contributed by atoms with Crippen molar-refractivity contribution in [2.75, 3.05) is 33.8 Å². The molecule has 4 heteroatoms. The molecular formula is C18H36N2O2. The first kappa shape index (κ1) is 19.3. The Hall–Kier alpha value is -0.740. The number of nitrogens with zero attached hydrogens (tertiary/aromatic N) is 2. The van der Waals surface area contributed by atoms with Crippen LogP contribution in [0.15, 0.2) is 11.4 Å². The second-order valence-corrected chi connectivity index (χ2v) is 6.02. The summed E-state index contributed by atoms with van der Waals surface area (Å²) in [6.07, 6.45) is 5.35. The summed E-state index contributed by atoms with van der Waals surface area (Å²) in [5, 5.41) is 9.44. The fraction of sp³-hybridized carbons (Fsp3) is 0.889. The Morgan fingerprint density at radius 2 is 1.68 bits per heavy atom. The monoisotopic (exact) mass is 312 g/mol. The average molecular weight is 312 g/mol. The minimum atomic E-state index is 0.279. The summed E-state index contributed by atoms with van der Waals surface area (Å²) in [4.78, 5) is 4.64. The van der Waals surface area contributed by atoms with E-state index in [-0.39, 0.29) is 6.61 Å². The summed E-state index contributed by atoms with van der Waals surface area (Å²) in [5.74, 6) is 1.71. The molecule has 3 aliphatic rings. The van der Waals surface area contributed by atoms with Gasteiger partial charge in [0.15, 0.2) is 0 Å². The molecule has 22 heavy (non-hydrogen) atoms. The molecule has 0 bridgehead atoms. The number of hydrogen-bond donors (Lipinski definition) is 1. The van der Waals surface area contributed by atoms with E-state index in [1.165, 1.54) is 24.2 Å². The normalized spacial score (nSPS) is 27.4. The summed E-state index contributed by atoms with van der Waals surface area (Å²) < 4.78 is 6.17. The van der Waals surface area contributed by atoms with Crippen LogP contribution in [0.4, 0.5) is 0 Å². The number of hydrogen-bond acceptors (Lipinski definition) is 4. The minimum Gasteiger partial charge on any atom is -0.396 e. The maximum atomic E-state index is 9.44. The van der Waals surface area contributed by atoms with Gasteiger partial charge in [0.05, 0.1) is 12.2 Å². The van der Waals surface area contributed by atoms with Gasteiger partial charge in [0.25, 0.3) is 0 Å². The lowest BCUT2D eigenvalue weighted by atomic mass is 9.88. The topological polar surface area (TPSA) is 35.9 Å². The highest BCUT2D eigenvalue weighted by molar-refractivity contribution is 5.23. The van der Waals surface area contributed by atoms with Gasteiger partial charge >= 0.3 is 0 Å². The molecule has 4 nitrogen and oxygen atoms in total. The van der Waals surface area contributed by atoms with Gasteiger partial charge in [-0.25, -0.2) is 0 Å². The fourth-order valence-corrected chi connectivity index (χ4v) is 3.30. The van der Waals surface area contributed by atoms with Crippen molar-refractivity contribution in [1.82, 2.24) is 9.80 Å². The maximum absolute atomic E-state index is 9.44.